The van der Waals surface area contributed by atoms with Crippen molar-refractivity contribution in [3.05, 3.63) is 47.4 Å². The van der Waals surface area contributed by atoms with Gasteiger partial charge in [0.15, 0.2) is 23.2 Å². The van der Waals surface area contributed by atoms with Crippen molar-refractivity contribution in [1.82, 2.24) is 9.97 Å². The molecule has 0 saturated carbocycles. The molecule has 0 spiro atoms. The molecule has 0 aliphatic rings. The Morgan fingerprint density at radius 3 is 2.53 bits per heavy atom. The van der Waals surface area contributed by atoms with Gasteiger partial charge >= 0.3 is 0 Å². The predicted molar refractivity (Wildman–Crippen MR) is 67.0 cm³/mol. The minimum absolute atomic E-state index is 0.103. The van der Waals surface area contributed by atoms with Crippen LogP contribution in [0.5, 0.6) is 5.75 Å². The summed E-state index contributed by atoms with van der Waals surface area (Å²) in [4.78, 5) is 8.27. The van der Waals surface area contributed by atoms with Crippen molar-refractivity contribution in [3.63, 3.8) is 0 Å². The van der Waals surface area contributed by atoms with E-state index in [0.29, 0.717) is 11.6 Å². The Balaban J connectivity index is 2.16. The number of nitrogens with zero attached hydrogens (tertiary/aromatic N) is 2. The molecule has 2 rings (SSSR count). The Hall–Kier alpha value is -2.24. The first kappa shape index (κ1) is 13.2. The second-order valence-corrected chi connectivity index (χ2v) is 3.90. The molecule has 0 aliphatic carbocycles. The van der Waals surface area contributed by atoms with Gasteiger partial charge in [0.25, 0.3) is 0 Å². The first-order chi connectivity index (χ1) is 9.10. The van der Waals surface area contributed by atoms with Gasteiger partial charge in [-0.2, -0.15) is 0 Å². The van der Waals surface area contributed by atoms with Gasteiger partial charge in [-0.15, -0.1) is 0 Å². The Labute approximate surface area is 109 Å². The number of benzene rings is 1. The highest BCUT2D eigenvalue weighted by Gasteiger charge is 2.11. The third-order valence-corrected chi connectivity index (χ3v) is 2.42. The lowest BCUT2D eigenvalue weighted by Crippen LogP contribution is -2.06. The summed E-state index contributed by atoms with van der Waals surface area (Å²) in [6, 6.07) is 5.30. The molecule has 0 saturated heterocycles. The molecule has 19 heavy (non-hydrogen) atoms. The van der Waals surface area contributed by atoms with Crippen LogP contribution >= 0.6 is 0 Å². The molecule has 0 unspecified atom stereocenters. The van der Waals surface area contributed by atoms with E-state index in [-0.39, 0.29) is 6.61 Å². The predicted octanol–water partition coefficient (Wildman–Crippen LogP) is 2.68. The van der Waals surface area contributed by atoms with Crippen molar-refractivity contribution in [2.45, 2.75) is 13.5 Å². The summed E-state index contributed by atoms with van der Waals surface area (Å²) >= 11 is 0. The Morgan fingerprint density at radius 1 is 1.21 bits per heavy atom. The monoisotopic (exact) mass is 265 g/mol. The smallest absolute Gasteiger partial charge is 0.191 e. The summed E-state index contributed by atoms with van der Waals surface area (Å²) in [5.74, 6) is -0.936. The Bertz CT molecular complexity index is 570. The van der Waals surface area contributed by atoms with Crippen molar-refractivity contribution >= 4 is 5.82 Å². The maximum absolute atomic E-state index is 13.4. The van der Waals surface area contributed by atoms with Crippen LogP contribution in [0.25, 0.3) is 0 Å². The maximum Gasteiger partial charge on any atom is 0.191 e. The fraction of sp³-hybridized carbons (Fsp3) is 0.231. The number of aromatic nitrogens is 2. The summed E-state index contributed by atoms with van der Waals surface area (Å²) in [5.41, 5.74) is 0.743. The van der Waals surface area contributed by atoms with E-state index in [4.69, 9.17) is 4.74 Å². The highest BCUT2D eigenvalue weighted by molar-refractivity contribution is 5.34. The summed E-state index contributed by atoms with van der Waals surface area (Å²) in [7, 11) is 1.73. The molecule has 0 amide bonds. The van der Waals surface area contributed by atoms with E-state index in [0.717, 1.165) is 17.8 Å². The van der Waals surface area contributed by atoms with E-state index < -0.39 is 17.4 Å². The fourth-order valence-electron chi connectivity index (χ4n) is 1.58. The quantitative estimate of drug-likeness (QED) is 0.923. The fourth-order valence-corrected chi connectivity index (χ4v) is 1.58. The summed E-state index contributed by atoms with van der Waals surface area (Å²) in [5, 5.41) is 2.87. The number of halogens is 2. The number of para-hydroxylation sites is 1. The molecule has 6 heteroatoms. The minimum atomic E-state index is -0.749. The van der Waals surface area contributed by atoms with E-state index in [1.54, 1.807) is 20.0 Å². The van der Waals surface area contributed by atoms with E-state index in [1.807, 2.05) is 0 Å². The van der Waals surface area contributed by atoms with Crippen LogP contribution in [-0.2, 0) is 6.61 Å². The van der Waals surface area contributed by atoms with Crippen LogP contribution in [0.3, 0.4) is 0 Å². The van der Waals surface area contributed by atoms with Crippen LogP contribution < -0.4 is 10.1 Å². The van der Waals surface area contributed by atoms with Crippen molar-refractivity contribution < 1.29 is 13.5 Å². The van der Waals surface area contributed by atoms with Crippen molar-refractivity contribution in [2.24, 2.45) is 0 Å². The molecule has 0 bridgehead atoms. The minimum Gasteiger partial charge on any atom is -0.479 e. The molecule has 1 heterocycles. The summed E-state index contributed by atoms with van der Waals surface area (Å²) in [6.45, 7) is 1.70. The largest absolute Gasteiger partial charge is 0.479 e. The molecule has 1 aromatic heterocycles. The molecule has 0 fully saturated rings. The Morgan fingerprint density at radius 2 is 1.89 bits per heavy atom. The molecular weight excluding hydrogens is 252 g/mol. The lowest BCUT2D eigenvalue weighted by atomic mass is 10.3. The van der Waals surface area contributed by atoms with Crippen LogP contribution in [0.2, 0.25) is 0 Å². The topological polar surface area (TPSA) is 47.0 Å². The molecule has 1 aromatic carbocycles. The lowest BCUT2D eigenvalue weighted by Gasteiger charge is -2.09. The van der Waals surface area contributed by atoms with Crippen molar-refractivity contribution in [3.8, 4) is 5.75 Å². The van der Waals surface area contributed by atoms with Crippen molar-refractivity contribution in [2.75, 3.05) is 12.4 Å². The number of rotatable bonds is 4. The highest BCUT2D eigenvalue weighted by atomic mass is 19.1. The standard InChI is InChI=1S/C13H13F2N3O/c1-8-6-11(16-2)18-12(17-8)7-19-13-9(14)4-3-5-10(13)15/h3-6H,7H2,1-2H3,(H,16,17,18). The van der Waals surface area contributed by atoms with Gasteiger partial charge in [0.2, 0.25) is 0 Å². The first-order valence-corrected chi connectivity index (χ1v) is 5.69. The average molecular weight is 265 g/mol. The number of hydrogen-bond acceptors (Lipinski definition) is 4. The average Bonchev–Trinajstić information content (AvgIpc) is 2.37. The lowest BCUT2D eigenvalue weighted by molar-refractivity contribution is 0.265. The zero-order valence-electron chi connectivity index (χ0n) is 10.6. The summed E-state index contributed by atoms with van der Waals surface area (Å²) in [6.07, 6.45) is 0. The van der Waals surface area contributed by atoms with E-state index in [9.17, 15) is 8.78 Å². The molecule has 1 N–H and O–H groups in total. The van der Waals surface area contributed by atoms with Gasteiger partial charge in [-0.05, 0) is 19.1 Å². The number of ether oxygens (including phenoxy) is 1. The normalized spacial score (nSPS) is 10.3. The van der Waals surface area contributed by atoms with Gasteiger partial charge < -0.3 is 10.1 Å². The van der Waals surface area contributed by atoms with E-state index >= 15 is 0 Å². The van der Waals surface area contributed by atoms with Gasteiger partial charge in [-0.25, -0.2) is 18.7 Å². The second-order valence-electron chi connectivity index (χ2n) is 3.90. The van der Waals surface area contributed by atoms with Gasteiger partial charge in [-0.1, -0.05) is 6.07 Å². The van der Waals surface area contributed by atoms with Crippen molar-refractivity contribution in [1.29, 1.82) is 0 Å². The van der Waals surface area contributed by atoms with Gasteiger partial charge in [0, 0.05) is 18.8 Å². The maximum atomic E-state index is 13.4. The molecule has 2 aromatic rings. The molecule has 0 radical (unpaired) electrons. The molecule has 100 valence electrons. The van der Waals surface area contributed by atoms with E-state index in [2.05, 4.69) is 15.3 Å². The number of nitrogens with one attached hydrogen (secondary N) is 1. The number of hydrogen-bond donors (Lipinski definition) is 1. The van der Waals surface area contributed by atoms with Crippen LogP contribution in [0.15, 0.2) is 24.3 Å². The number of aryl methyl sites for hydroxylation is 1. The number of anilines is 1. The van der Waals surface area contributed by atoms with Crippen LogP contribution in [-0.4, -0.2) is 17.0 Å². The summed E-state index contributed by atoms with van der Waals surface area (Å²) < 4.78 is 31.8. The zero-order chi connectivity index (χ0) is 13.8. The first-order valence-electron chi connectivity index (χ1n) is 5.69. The third-order valence-electron chi connectivity index (χ3n) is 2.42. The van der Waals surface area contributed by atoms with Crippen LogP contribution in [0.4, 0.5) is 14.6 Å². The van der Waals surface area contributed by atoms with Crippen LogP contribution in [0.1, 0.15) is 11.5 Å². The van der Waals surface area contributed by atoms with Gasteiger partial charge in [-0.3, -0.25) is 0 Å². The van der Waals surface area contributed by atoms with Gasteiger partial charge in [0.1, 0.15) is 12.4 Å². The third kappa shape index (κ3) is 3.15. The van der Waals surface area contributed by atoms with Crippen LogP contribution in [0, 0.1) is 18.6 Å². The van der Waals surface area contributed by atoms with E-state index in [1.165, 1.54) is 6.07 Å². The Kier molecular flexibility index (Phi) is 3.89. The molecule has 4 nitrogen and oxygen atoms in total. The van der Waals surface area contributed by atoms with Gasteiger partial charge in [0.05, 0.1) is 0 Å². The SMILES string of the molecule is CNc1cc(C)nc(COc2c(F)cccc2F)n1. The molecular formula is C13H13F2N3O. The zero-order valence-corrected chi connectivity index (χ0v) is 10.6. The molecule has 0 atom stereocenters. The second kappa shape index (κ2) is 5.60. The molecule has 0 aliphatic heterocycles. The highest BCUT2D eigenvalue weighted by Crippen LogP contribution is 2.21.